The van der Waals surface area contributed by atoms with E-state index in [9.17, 15) is 19.2 Å². The van der Waals surface area contributed by atoms with E-state index in [0.717, 1.165) is 4.90 Å². The second-order valence-corrected chi connectivity index (χ2v) is 6.83. The van der Waals surface area contributed by atoms with Crippen LogP contribution < -0.4 is 0 Å². The minimum Gasteiger partial charge on any atom is -0.480 e. The van der Waals surface area contributed by atoms with Gasteiger partial charge >= 0.3 is 11.9 Å². The number of aliphatic carboxylic acids is 1. The molecule has 0 aromatic rings. The lowest BCUT2D eigenvalue weighted by Crippen LogP contribution is -2.66. The summed E-state index contributed by atoms with van der Waals surface area (Å²) in [6.07, 6.45) is -0.648. The summed E-state index contributed by atoms with van der Waals surface area (Å²) >= 11 is 1.40. The van der Waals surface area contributed by atoms with Gasteiger partial charge in [0.1, 0.15) is 23.7 Å². The first-order valence-electron chi connectivity index (χ1n) is 7.53. The molecule has 25 heavy (non-hydrogen) atoms. The van der Waals surface area contributed by atoms with Gasteiger partial charge in [0.05, 0.1) is 0 Å². The standard InChI is InChI=1S/C15H20N2O7S/c1-7(15(21)22)16(3)12(19)10-9(5-24-8(2)18)6-25-14-11(23-4)13(20)17(10)14/h7,11,14H,5-6H2,1-4H3,(H,21,22)/t7-,11+,14-/m1/s1. The van der Waals surface area contributed by atoms with E-state index in [1.807, 2.05) is 0 Å². The zero-order chi connectivity index (χ0) is 18.9. The number of methoxy groups -OCH3 is 1. The maximum absolute atomic E-state index is 12.8. The molecule has 3 atom stereocenters. The summed E-state index contributed by atoms with van der Waals surface area (Å²) in [4.78, 5) is 49.8. The van der Waals surface area contributed by atoms with E-state index in [0.29, 0.717) is 11.3 Å². The fourth-order valence-electron chi connectivity index (χ4n) is 2.54. The Bertz CT molecular complexity index is 648. The predicted octanol–water partition coefficient (Wildman–Crippen LogP) is -0.335. The topological polar surface area (TPSA) is 113 Å². The van der Waals surface area contributed by atoms with Gasteiger partial charge in [-0.3, -0.25) is 19.3 Å². The first-order valence-corrected chi connectivity index (χ1v) is 8.58. The largest absolute Gasteiger partial charge is 0.480 e. The maximum atomic E-state index is 12.8. The molecule has 2 aliphatic heterocycles. The number of carboxylic acid groups (broad SMARTS) is 1. The van der Waals surface area contributed by atoms with Gasteiger partial charge in [-0.2, -0.15) is 0 Å². The second kappa shape index (κ2) is 7.44. The van der Waals surface area contributed by atoms with Crippen LogP contribution in [0.4, 0.5) is 0 Å². The van der Waals surface area contributed by atoms with E-state index in [4.69, 9.17) is 14.6 Å². The number of fused-ring (bicyclic) bond motifs is 1. The molecule has 0 bridgehead atoms. The third-order valence-corrected chi connectivity index (χ3v) is 5.48. The number of nitrogens with zero attached hydrogens (tertiary/aromatic N) is 2. The third-order valence-electron chi connectivity index (χ3n) is 4.16. The molecule has 2 heterocycles. The molecule has 0 radical (unpaired) electrons. The molecule has 10 heteroatoms. The molecular weight excluding hydrogens is 352 g/mol. The summed E-state index contributed by atoms with van der Waals surface area (Å²) in [7, 11) is 2.77. The van der Waals surface area contributed by atoms with Gasteiger partial charge in [0, 0.05) is 32.4 Å². The molecule has 9 nitrogen and oxygen atoms in total. The Kier molecular flexibility index (Phi) is 5.73. The number of β-lactam (4-membered cyclic amide) rings is 1. The Hall–Kier alpha value is -2.07. The van der Waals surface area contributed by atoms with Crippen molar-refractivity contribution in [1.29, 1.82) is 0 Å². The number of carbonyl (C=O) groups is 4. The summed E-state index contributed by atoms with van der Waals surface area (Å²) in [5, 5.41) is 8.77. The summed E-state index contributed by atoms with van der Waals surface area (Å²) in [6.45, 7) is 2.49. The van der Waals surface area contributed by atoms with Gasteiger partial charge in [0.15, 0.2) is 6.10 Å². The smallest absolute Gasteiger partial charge is 0.326 e. The fourth-order valence-corrected chi connectivity index (χ4v) is 3.89. The number of amides is 2. The van der Waals surface area contributed by atoms with Gasteiger partial charge in [-0.05, 0) is 6.92 Å². The van der Waals surface area contributed by atoms with E-state index in [1.54, 1.807) is 0 Å². The average Bonchev–Trinajstić information content (AvgIpc) is 2.57. The molecule has 0 aliphatic carbocycles. The highest BCUT2D eigenvalue weighted by Gasteiger charge is 2.54. The van der Waals surface area contributed by atoms with Crippen LogP contribution in [0.15, 0.2) is 11.3 Å². The van der Waals surface area contributed by atoms with E-state index < -0.39 is 30.0 Å². The number of carboxylic acids is 1. The number of rotatable bonds is 6. The van der Waals surface area contributed by atoms with Gasteiger partial charge in [-0.15, -0.1) is 11.8 Å². The van der Waals surface area contributed by atoms with E-state index in [2.05, 4.69) is 0 Å². The lowest BCUT2D eigenvalue weighted by Gasteiger charge is -2.49. The summed E-state index contributed by atoms with van der Waals surface area (Å²) < 4.78 is 10.1. The fraction of sp³-hybridized carbons (Fsp3) is 0.600. The van der Waals surface area contributed by atoms with Crippen LogP contribution in [-0.4, -0.2) is 82.7 Å². The number of esters is 1. The van der Waals surface area contributed by atoms with Crippen LogP contribution in [0.2, 0.25) is 0 Å². The Morgan fingerprint density at radius 1 is 1.44 bits per heavy atom. The zero-order valence-corrected chi connectivity index (χ0v) is 15.2. The molecule has 0 saturated carbocycles. The van der Waals surface area contributed by atoms with E-state index in [-0.39, 0.29) is 23.6 Å². The van der Waals surface area contributed by atoms with Crippen molar-refractivity contribution in [1.82, 2.24) is 9.80 Å². The molecule has 2 amide bonds. The molecule has 0 aromatic carbocycles. The highest BCUT2D eigenvalue weighted by atomic mass is 32.2. The average molecular weight is 372 g/mol. The molecule has 0 spiro atoms. The van der Waals surface area contributed by atoms with Gasteiger partial charge in [0.2, 0.25) is 0 Å². The molecule has 1 N–H and O–H groups in total. The lowest BCUT2D eigenvalue weighted by molar-refractivity contribution is -0.161. The summed E-state index contributed by atoms with van der Waals surface area (Å²) in [6, 6.07) is -1.07. The quantitative estimate of drug-likeness (QED) is 0.498. The first kappa shape index (κ1) is 19.3. The molecular formula is C15H20N2O7S. The Morgan fingerprint density at radius 3 is 2.60 bits per heavy atom. The lowest BCUT2D eigenvalue weighted by atomic mass is 10.0. The van der Waals surface area contributed by atoms with Crippen molar-refractivity contribution in [2.24, 2.45) is 0 Å². The number of hydrogen-bond acceptors (Lipinski definition) is 7. The molecule has 138 valence electrons. The number of thioether (sulfide) groups is 1. The number of likely N-dealkylation sites (N-methyl/N-ethyl adjacent to an activating group) is 1. The Labute approximate surface area is 148 Å². The van der Waals surface area contributed by atoms with E-state index in [1.165, 1.54) is 44.7 Å². The first-order chi connectivity index (χ1) is 11.7. The summed E-state index contributed by atoms with van der Waals surface area (Å²) in [5.74, 6) is -2.28. The van der Waals surface area contributed by atoms with Gasteiger partial charge in [-0.25, -0.2) is 4.79 Å². The van der Waals surface area contributed by atoms with Crippen molar-refractivity contribution in [2.45, 2.75) is 31.4 Å². The Balaban J connectivity index is 2.36. The maximum Gasteiger partial charge on any atom is 0.326 e. The van der Waals surface area contributed by atoms with Gasteiger partial charge < -0.3 is 19.5 Å². The Morgan fingerprint density at radius 2 is 2.08 bits per heavy atom. The SMILES string of the molecule is CO[C@H]1C(=O)N2C(C(=O)N(C)[C@H](C)C(=O)O)=C(COC(C)=O)CS[C@H]12. The van der Waals surface area contributed by atoms with Crippen molar-refractivity contribution in [3.8, 4) is 0 Å². The van der Waals surface area contributed by atoms with Crippen molar-refractivity contribution in [3.63, 3.8) is 0 Å². The van der Waals surface area contributed by atoms with Crippen LogP contribution in [-0.2, 0) is 28.7 Å². The van der Waals surface area contributed by atoms with Crippen LogP contribution >= 0.6 is 11.8 Å². The normalized spacial score (nSPS) is 23.5. The van der Waals surface area contributed by atoms with Crippen LogP contribution in [0, 0.1) is 0 Å². The van der Waals surface area contributed by atoms with Gasteiger partial charge in [-0.1, -0.05) is 0 Å². The molecule has 0 aromatic heterocycles. The van der Waals surface area contributed by atoms with Crippen LogP contribution in [0.3, 0.4) is 0 Å². The van der Waals surface area contributed by atoms with Gasteiger partial charge in [0.25, 0.3) is 11.8 Å². The highest BCUT2D eigenvalue weighted by Crippen LogP contribution is 2.42. The van der Waals surface area contributed by atoms with Crippen molar-refractivity contribution in [2.75, 3.05) is 26.5 Å². The van der Waals surface area contributed by atoms with Crippen molar-refractivity contribution in [3.05, 3.63) is 11.3 Å². The molecule has 1 saturated heterocycles. The predicted molar refractivity (Wildman–Crippen MR) is 87.4 cm³/mol. The third kappa shape index (κ3) is 3.49. The number of carbonyl (C=O) groups excluding carboxylic acids is 3. The molecule has 2 rings (SSSR count). The second-order valence-electron chi connectivity index (χ2n) is 5.73. The van der Waals surface area contributed by atoms with Crippen molar-refractivity contribution < 1.29 is 33.8 Å². The minimum atomic E-state index is -1.16. The monoisotopic (exact) mass is 372 g/mol. The highest BCUT2D eigenvalue weighted by molar-refractivity contribution is 8.00. The van der Waals surface area contributed by atoms with Crippen LogP contribution in [0.5, 0.6) is 0 Å². The zero-order valence-electron chi connectivity index (χ0n) is 14.3. The van der Waals surface area contributed by atoms with E-state index >= 15 is 0 Å². The summed E-state index contributed by atoms with van der Waals surface area (Å²) in [5.41, 5.74) is 0.535. The van der Waals surface area contributed by atoms with Crippen LogP contribution in [0.25, 0.3) is 0 Å². The molecule has 1 fully saturated rings. The number of ether oxygens (including phenoxy) is 2. The molecule has 0 unspecified atom stereocenters. The van der Waals surface area contributed by atoms with Crippen LogP contribution in [0.1, 0.15) is 13.8 Å². The number of hydrogen-bond donors (Lipinski definition) is 1. The van der Waals surface area contributed by atoms with Crippen molar-refractivity contribution >= 4 is 35.5 Å². The molecule has 2 aliphatic rings. The minimum absolute atomic E-state index is 0.0684.